The lowest BCUT2D eigenvalue weighted by atomic mass is 10.1. The van der Waals surface area contributed by atoms with Crippen molar-refractivity contribution < 1.29 is 28.1 Å². The van der Waals surface area contributed by atoms with Gasteiger partial charge in [-0.1, -0.05) is 37.2 Å². The smallest absolute Gasteiger partial charge is 0.268 e. The Morgan fingerprint density at radius 2 is 1.62 bits per heavy atom. The molecule has 0 aliphatic rings. The molecule has 10 nitrogen and oxygen atoms in total. The van der Waals surface area contributed by atoms with Gasteiger partial charge in [0.25, 0.3) is 11.8 Å². The molecular formula is C26H28FN5O5. The van der Waals surface area contributed by atoms with Crippen molar-refractivity contribution in [2.75, 3.05) is 6.61 Å². The van der Waals surface area contributed by atoms with Crippen LogP contribution in [-0.2, 0) is 0 Å². The molecule has 4 rings (SSSR count). The van der Waals surface area contributed by atoms with E-state index in [0.717, 1.165) is 11.6 Å². The van der Waals surface area contributed by atoms with Gasteiger partial charge in [0, 0.05) is 23.1 Å². The topological polar surface area (TPSA) is 136 Å². The van der Waals surface area contributed by atoms with Gasteiger partial charge in [-0.3, -0.25) is 4.79 Å². The largest absolute Gasteiger partial charge is 0.481 e. The average Bonchev–Trinajstić information content (AvgIpc) is 3.58. The third kappa shape index (κ3) is 6.00. The predicted molar refractivity (Wildman–Crippen MR) is 131 cm³/mol. The zero-order valence-electron chi connectivity index (χ0n) is 20.9. The van der Waals surface area contributed by atoms with Crippen LogP contribution in [0.4, 0.5) is 4.39 Å². The van der Waals surface area contributed by atoms with E-state index >= 15 is 0 Å². The summed E-state index contributed by atoms with van der Waals surface area (Å²) in [5, 5.41) is 19.5. The number of aliphatic hydroxyl groups excluding tert-OH is 1. The van der Waals surface area contributed by atoms with Gasteiger partial charge >= 0.3 is 0 Å². The van der Waals surface area contributed by atoms with Crippen LogP contribution in [0.3, 0.4) is 0 Å². The van der Waals surface area contributed by atoms with Gasteiger partial charge in [-0.25, -0.2) is 4.39 Å². The monoisotopic (exact) mass is 509 g/mol. The second-order valence-electron chi connectivity index (χ2n) is 8.86. The van der Waals surface area contributed by atoms with Gasteiger partial charge in [0.15, 0.2) is 6.10 Å². The Labute approximate surface area is 212 Å². The van der Waals surface area contributed by atoms with E-state index in [2.05, 4.69) is 25.6 Å². The van der Waals surface area contributed by atoms with Crippen LogP contribution in [0.15, 0.2) is 51.5 Å². The first kappa shape index (κ1) is 26.0. The summed E-state index contributed by atoms with van der Waals surface area (Å²) in [6, 6.07) is 10.8. The molecular weight excluding hydrogens is 481 g/mol. The van der Waals surface area contributed by atoms with Crippen LogP contribution in [0, 0.1) is 5.82 Å². The van der Waals surface area contributed by atoms with Crippen LogP contribution >= 0.6 is 0 Å². The van der Waals surface area contributed by atoms with Gasteiger partial charge in [-0.05, 0) is 49.7 Å². The lowest BCUT2D eigenvalue weighted by Gasteiger charge is -2.13. The SMILES string of the molecule is CCC(Oc1ccc(-c2noc(C(C)C)n2)cc1)c1nc(-c2ccc(C(=O)N[C@H](C)CO)c(F)c2)no1. The van der Waals surface area contributed by atoms with Crippen molar-refractivity contribution in [2.45, 2.75) is 52.2 Å². The van der Waals surface area contributed by atoms with E-state index in [1.807, 2.05) is 32.9 Å². The van der Waals surface area contributed by atoms with E-state index in [4.69, 9.17) is 18.9 Å². The molecule has 0 saturated heterocycles. The average molecular weight is 510 g/mol. The number of aliphatic hydroxyl groups is 1. The highest BCUT2D eigenvalue weighted by Crippen LogP contribution is 2.28. The number of hydrogen-bond donors (Lipinski definition) is 2. The fraction of sp³-hybridized carbons (Fsp3) is 0.346. The third-order valence-electron chi connectivity index (χ3n) is 5.54. The van der Waals surface area contributed by atoms with E-state index in [9.17, 15) is 9.18 Å². The summed E-state index contributed by atoms with van der Waals surface area (Å²) in [7, 11) is 0. The molecule has 2 aromatic heterocycles. The number of rotatable bonds is 10. The zero-order chi connectivity index (χ0) is 26.5. The lowest BCUT2D eigenvalue weighted by molar-refractivity contribution is 0.0918. The lowest BCUT2D eigenvalue weighted by Crippen LogP contribution is -2.35. The molecule has 0 aliphatic carbocycles. The standard InChI is InChI=1S/C26H28FN5O5/c1-5-21(35-18-9-6-16(7-10-18)22-29-25(14(2)3)36-31-22)26-30-23(32-37-26)17-8-11-19(20(27)12-17)24(34)28-15(4)13-33/h6-12,14-15,21,33H,5,13H2,1-4H3,(H,28,34)/t15-,21?/m1/s1. The molecule has 0 spiro atoms. The summed E-state index contributed by atoms with van der Waals surface area (Å²) in [5.41, 5.74) is 0.993. The van der Waals surface area contributed by atoms with Gasteiger partial charge < -0.3 is 24.2 Å². The number of carbonyl (C=O) groups is 1. The van der Waals surface area contributed by atoms with E-state index < -0.39 is 23.9 Å². The highest BCUT2D eigenvalue weighted by Gasteiger charge is 2.22. The molecule has 37 heavy (non-hydrogen) atoms. The number of amides is 1. The molecule has 0 saturated carbocycles. The first-order valence-electron chi connectivity index (χ1n) is 11.9. The maximum atomic E-state index is 14.6. The van der Waals surface area contributed by atoms with Crippen molar-refractivity contribution in [3.8, 4) is 28.5 Å². The summed E-state index contributed by atoms with van der Waals surface area (Å²) >= 11 is 0. The molecule has 1 amide bonds. The Morgan fingerprint density at radius 3 is 2.22 bits per heavy atom. The van der Waals surface area contributed by atoms with Gasteiger partial charge in [-0.15, -0.1) is 0 Å². The highest BCUT2D eigenvalue weighted by atomic mass is 19.1. The maximum absolute atomic E-state index is 14.6. The minimum atomic E-state index is -0.739. The molecule has 2 aromatic carbocycles. The molecule has 0 bridgehead atoms. The summed E-state index contributed by atoms with van der Waals surface area (Å²) in [6.07, 6.45) is 0.0161. The van der Waals surface area contributed by atoms with Crippen molar-refractivity contribution in [3.05, 3.63) is 65.6 Å². The summed E-state index contributed by atoms with van der Waals surface area (Å²) < 4.78 is 31.3. The molecule has 0 fully saturated rings. The number of nitrogens with one attached hydrogen (secondary N) is 1. The molecule has 2 atom stereocenters. The van der Waals surface area contributed by atoms with Crippen LogP contribution in [0.25, 0.3) is 22.8 Å². The van der Waals surface area contributed by atoms with E-state index in [0.29, 0.717) is 29.4 Å². The first-order chi connectivity index (χ1) is 17.8. The third-order valence-corrected chi connectivity index (χ3v) is 5.54. The highest BCUT2D eigenvalue weighted by molar-refractivity contribution is 5.95. The van der Waals surface area contributed by atoms with Crippen LogP contribution in [0.1, 0.15) is 68.3 Å². The molecule has 2 heterocycles. The fourth-order valence-electron chi connectivity index (χ4n) is 3.41. The predicted octanol–water partition coefficient (Wildman–Crippen LogP) is 4.69. The Hall–Kier alpha value is -4.12. The summed E-state index contributed by atoms with van der Waals surface area (Å²) in [5.74, 6) is 0.844. The Bertz CT molecular complexity index is 1350. The van der Waals surface area contributed by atoms with Gasteiger partial charge in [0.1, 0.15) is 11.6 Å². The quantitative estimate of drug-likeness (QED) is 0.312. The molecule has 11 heteroatoms. The number of carbonyl (C=O) groups excluding carboxylic acids is 1. The van der Waals surface area contributed by atoms with Gasteiger partial charge in [0.05, 0.1) is 12.2 Å². The zero-order valence-corrected chi connectivity index (χ0v) is 20.9. The normalized spacial score (nSPS) is 12.9. The van der Waals surface area contributed by atoms with Crippen LogP contribution in [-0.4, -0.2) is 43.9 Å². The molecule has 194 valence electrons. The minimum absolute atomic E-state index is 0.142. The Kier molecular flexibility index (Phi) is 7.92. The van der Waals surface area contributed by atoms with Crippen LogP contribution < -0.4 is 10.1 Å². The van der Waals surface area contributed by atoms with Crippen LogP contribution in [0.2, 0.25) is 0 Å². The number of hydrogen-bond acceptors (Lipinski definition) is 9. The summed E-state index contributed by atoms with van der Waals surface area (Å²) in [6.45, 7) is 7.23. The van der Waals surface area contributed by atoms with E-state index in [-0.39, 0.29) is 29.8 Å². The maximum Gasteiger partial charge on any atom is 0.268 e. The first-order valence-corrected chi connectivity index (χ1v) is 11.9. The molecule has 1 unspecified atom stereocenters. The number of ether oxygens (including phenoxy) is 1. The second kappa shape index (κ2) is 11.3. The van der Waals surface area contributed by atoms with E-state index in [1.165, 1.54) is 12.1 Å². The fourth-order valence-corrected chi connectivity index (χ4v) is 3.41. The molecule has 4 aromatic rings. The van der Waals surface area contributed by atoms with Crippen molar-refractivity contribution in [3.63, 3.8) is 0 Å². The molecule has 0 aliphatic heterocycles. The molecule has 2 N–H and O–H groups in total. The Balaban J connectivity index is 1.45. The number of nitrogens with zero attached hydrogens (tertiary/aromatic N) is 4. The molecule has 0 radical (unpaired) electrons. The van der Waals surface area contributed by atoms with Gasteiger partial charge in [-0.2, -0.15) is 9.97 Å². The second-order valence-corrected chi connectivity index (χ2v) is 8.86. The summed E-state index contributed by atoms with van der Waals surface area (Å²) in [4.78, 5) is 20.9. The number of benzene rings is 2. The number of halogens is 1. The van der Waals surface area contributed by atoms with Crippen molar-refractivity contribution in [2.24, 2.45) is 0 Å². The minimum Gasteiger partial charge on any atom is -0.481 e. The van der Waals surface area contributed by atoms with Gasteiger partial charge in [0.2, 0.25) is 17.5 Å². The van der Waals surface area contributed by atoms with Crippen molar-refractivity contribution in [1.82, 2.24) is 25.6 Å². The number of aromatic nitrogens is 4. The van der Waals surface area contributed by atoms with Crippen molar-refractivity contribution in [1.29, 1.82) is 0 Å². The Morgan fingerprint density at radius 1 is 1.00 bits per heavy atom. The van der Waals surface area contributed by atoms with E-state index in [1.54, 1.807) is 19.1 Å². The van der Waals surface area contributed by atoms with Crippen LogP contribution in [0.5, 0.6) is 5.75 Å². The van der Waals surface area contributed by atoms with Crippen molar-refractivity contribution >= 4 is 5.91 Å².